The summed E-state index contributed by atoms with van der Waals surface area (Å²) in [5.41, 5.74) is 0.989. The second kappa shape index (κ2) is 6.68. The first-order valence-electron chi connectivity index (χ1n) is 6.74. The van der Waals surface area contributed by atoms with E-state index in [1.165, 1.54) is 19.3 Å². The Kier molecular flexibility index (Phi) is 5.20. The molecular weight excluding hydrogens is 267 g/mol. The van der Waals surface area contributed by atoms with Gasteiger partial charge < -0.3 is 4.74 Å². The first-order valence-corrected chi connectivity index (χ1v) is 7.65. The molecule has 1 aromatic rings. The van der Waals surface area contributed by atoms with E-state index >= 15 is 0 Å². The first kappa shape index (κ1) is 14.0. The predicted octanol–water partition coefficient (Wildman–Crippen LogP) is 5.43. The van der Waals surface area contributed by atoms with Crippen molar-refractivity contribution in [2.24, 2.45) is 5.92 Å². The molecule has 0 heterocycles. The third kappa shape index (κ3) is 3.33. The maximum Gasteiger partial charge on any atom is 0.142 e. The molecule has 1 fully saturated rings. The van der Waals surface area contributed by atoms with Gasteiger partial charge in [0.25, 0.3) is 0 Å². The van der Waals surface area contributed by atoms with Crippen LogP contribution in [-0.4, -0.2) is 6.10 Å². The van der Waals surface area contributed by atoms with E-state index in [1.54, 1.807) is 0 Å². The topological polar surface area (TPSA) is 9.23 Å². The van der Waals surface area contributed by atoms with Crippen molar-refractivity contribution in [3.63, 3.8) is 0 Å². The molecule has 1 aliphatic rings. The number of benzene rings is 1. The van der Waals surface area contributed by atoms with E-state index in [1.807, 2.05) is 18.2 Å². The molecule has 2 unspecified atom stereocenters. The van der Waals surface area contributed by atoms with Crippen LogP contribution < -0.4 is 4.74 Å². The van der Waals surface area contributed by atoms with Crippen molar-refractivity contribution >= 4 is 23.2 Å². The summed E-state index contributed by atoms with van der Waals surface area (Å²) in [7, 11) is 0. The molecule has 0 saturated heterocycles. The van der Waals surface area contributed by atoms with E-state index < -0.39 is 0 Å². The van der Waals surface area contributed by atoms with Crippen molar-refractivity contribution < 1.29 is 4.74 Å². The van der Waals surface area contributed by atoms with E-state index in [2.05, 4.69) is 6.92 Å². The number of halogens is 2. The van der Waals surface area contributed by atoms with Gasteiger partial charge in [-0.25, -0.2) is 0 Å². The standard InChI is InChI=1S/C15H20Cl2O/c1-2-11-5-3-7-13(9-11)18-15-12(10-16)6-4-8-14(15)17/h4,6,8,11,13H,2-3,5,7,9-10H2,1H3. The summed E-state index contributed by atoms with van der Waals surface area (Å²) >= 11 is 12.2. The van der Waals surface area contributed by atoms with Crippen LogP contribution in [0.1, 0.15) is 44.6 Å². The molecule has 2 rings (SSSR count). The molecule has 3 heteroatoms. The highest BCUT2D eigenvalue weighted by Gasteiger charge is 2.23. The maximum atomic E-state index is 6.21. The average molecular weight is 287 g/mol. The normalized spacial score (nSPS) is 23.9. The van der Waals surface area contributed by atoms with Crippen LogP contribution in [0.3, 0.4) is 0 Å². The second-order valence-electron chi connectivity index (χ2n) is 5.04. The molecule has 2 atom stereocenters. The van der Waals surface area contributed by atoms with E-state index in [4.69, 9.17) is 27.9 Å². The third-order valence-electron chi connectivity index (χ3n) is 3.79. The van der Waals surface area contributed by atoms with Gasteiger partial charge in [-0.3, -0.25) is 0 Å². The van der Waals surface area contributed by atoms with E-state index in [-0.39, 0.29) is 0 Å². The van der Waals surface area contributed by atoms with Crippen LogP contribution in [0.2, 0.25) is 5.02 Å². The fraction of sp³-hybridized carbons (Fsp3) is 0.600. The number of para-hydroxylation sites is 1. The number of ether oxygens (including phenoxy) is 1. The molecule has 0 bridgehead atoms. The Morgan fingerprint density at radius 3 is 2.89 bits per heavy atom. The number of hydrogen-bond acceptors (Lipinski definition) is 1. The van der Waals surface area contributed by atoms with Gasteiger partial charge in [0.05, 0.1) is 17.0 Å². The van der Waals surface area contributed by atoms with Gasteiger partial charge >= 0.3 is 0 Å². The molecule has 0 aliphatic heterocycles. The van der Waals surface area contributed by atoms with Gasteiger partial charge in [0.1, 0.15) is 5.75 Å². The van der Waals surface area contributed by atoms with Crippen LogP contribution in [0.4, 0.5) is 0 Å². The number of alkyl halides is 1. The molecule has 1 aliphatic carbocycles. The van der Waals surface area contributed by atoms with Crippen molar-refractivity contribution in [1.82, 2.24) is 0 Å². The van der Waals surface area contributed by atoms with Gasteiger partial charge in [-0.2, -0.15) is 0 Å². The van der Waals surface area contributed by atoms with Gasteiger partial charge in [0, 0.05) is 5.56 Å². The van der Waals surface area contributed by atoms with Crippen LogP contribution in [-0.2, 0) is 5.88 Å². The van der Waals surface area contributed by atoms with Crippen molar-refractivity contribution in [2.75, 3.05) is 0 Å². The van der Waals surface area contributed by atoms with Gasteiger partial charge in [-0.15, -0.1) is 11.6 Å². The average Bonchev–Trinajstić information content (AvgIpc) is 2.41. The Morgan fingerprint density at radius 2 is 2.17 bits per heavy atom. The maximum absolute atomic E-state index is 6.21. The van der Waals surface area contributed by atoms with E-state index in [0.29, 0.717) is 17.0 Å². The molecule has 18 heavy (non-hydrogen) atoms. The molecule has 1 aromatic carbocycles. The van der Waals surface area contributed by atoms with E-state index in [9.17, 15) is 0 Å². The zero-order valence-corrected chi connectivity index (χ0v) is 12.3. The van der Waals surface area contributed by atoms with Crippen molar-refractivity contribution in [1.29, 1.82) is 0 Å². The minimum atomic E-state index is 0.297. The predicted molar refractivity (Wildman–Crippen MR) is 77.7 cm³/mol. The highest BCUT2D eigenvalue weighted by molar-refractivity contribution is 6.32. The summed E-state index contributed by atoms with van der Waals surface area (Å²) in [6, 6.07) is 5.77. The summed E-state index contributed by atoms with van der Waals surface area (Å²) in [5, 5.41) is 0.673. The summed E-state index contributed by atoms with van der Waals surface area (Å²) in [6.45, 7) is 2.26. The monoisotopic (exact) mass is 286 g/mol. The quantitative estimate of drug-likeness (QED) is 0.671. The Labute approximate surface area is 119 Å². The minimum Gasteiger partial charge on any atom is -0.489 e. The lowest BCUT2D eigenvalue weighted by atomic mass is 9.85. The van der Waals surface area contributed by atoms with Gasteiger partial charge in [-0.05, 0) is 31.2 Å². The number of rotatable bonds is 4. The summed E-state index contributed by atoms with van der Waals surface area (Å²) < 4.78 is 6.12. The van der Waals surface area contributed by atoms with Crippen LogP contribution in [0, 0.1) is 5.92 Å². The van der Waals surface area contributed by atoms with Crippen molar-refractivity contribution in [2.45, 2.75) is 51.0 Å². The van der Waals surface area contributed by atoms with Gasteiger partial charge in [0.15, 0.2) is 0 Å². The summed E-state index contributed by atoms with van der Waals surface area (Å²) in [4.78, 5) is 0. The molecular formula is C15H20Cl2O. The Morgan fingerprint density at radius 1 is 1.33 bits per heavy atom. The Hall–Kier alpha value is -0.400. The largest absolute Gasteiger partial charge is 0.489 e. The molecule has 0 spiro atoms. The fourth-order valence-corrected chi connectivity index (χ4v) is 3.13. The smallest absolute Gasteiger partial charge is 0.142 e. The van der Waals surface area contributed by atoms with Gasteiger partial charge in [0.2, 0.25) is 0 Å². The highest BCUT2D eigenvalue weighted by Crippen LogP contribution is 2.35. The summed E-state index contributed by atoms with van der Waals surface area (Å²) in [6.07, 6.45) is 6.40. The lowest BCUT2D eigenvalue weighted by Gasteiger charge is -2.29. The Balaban J connectivity index is 2.09. The van der Waals surface area contributed by atoms with Crippen LogP contribution in [0.15, 0.2) is 18.2 Å². The molecule has 1 nitrogen and oxygen atoms in total. The zero-order valence-electron chi connectivity index (χ0n) is 10.8. The van der Waals surface area contributed by atoms with Crippen molar-refractivity contribution in [3.05, 3.63) is 28.8 Å². The van der Waals surface area contributed by atoms with Crippen LogP contribution in [0.5, 0.6) is 5.75 Å². The first-order chi connectivity index (χ1) is 8.74. The van der Waals surface area contributed by atoms with Gasteiger partial charge in [-0.1, -0.05) is 43.5 Å². The Bertz CT molecular complexity index is 392. The SMILES string of the molecule is CCC1CCCC(Oc2c(Cl)cccc2CCl)C1. The van der Waals surface area contributed by atoms with Crippen molar-refractivity contribution in [3.8, 4) is 5.75 Å². The highest BCUT2D eigenvalue weighted by atomic mass is 35.5. The second-order valence-corrected chi connectivity index (χ2v) is 5.72. The molecule has 0 radical (unpaired) electrons. The van der Waals surface area contributed by atoms with Crippen LogP contribution >= 0.6 is 23.2 Å². The number of hydrogen-bond donors (Lipinski definition) is 0. The lowest BCUT2D eigenvalue weighted by Crippen LogP contribution is -2.25. The fourth-order valence-electron chi connectivity index (χ4n) is 2.68. The zero-order chi connectivity index (χ0) is 13.0. The molecule has 0 aromatic heterocycles. The molecule has 100 valence electrons. The lowest BCUT2D eigenvalue weighted by molar-refractivity contribution is 0.121. The summed E-state index contributed by atoms with van der Waals surface area (Å²) in [5.74, 6) is 2.03. The minimum absolute atomic E-state index is 0.297. The van der Waals surface area contributed by atoms with E-state index in [0.717, 1.165) is 30.1 Å². The molecule has 0 amide bonds. The third-order valence-corrected chi connectivity index (χ3v) is 4.37. The molecule has 0 N–H and O–H groups in total. The molecule has 1 saturated carbocycles. The van der Waals surface area contributed by atoms with Crippen LogP contribution in [0.25, 0.3) is 0 Å².